The summed E-state index contributed by atoms with van der Waals surface area (Å²) in [6.45, 7) is 1.83. The molecule has 230 valence electrons. The number of nitrogens with one attached hydrogen (secondary N) is 1. The van der Waals surface area contributed by atoms with Crippen LogP contribution in [0.25, 0.3) is 0 Å². The van der Waals surface area contributed by atoms with Crippen molar-refractivity contribution in [2.75, 3.05) is 17.4 Å². The van der Waals surface area contributed by atoms with Crippen LogP contribution in [0.2, 0.25) is 10.0 Å². The molecule has 0 bridgehead atoms. The second kappa shape index (κ2) is 15.6. The van der Waals surface area contributed by atoms with Crippen LogP contribution < -0.4 is 9.62 Å². The van der Waals surface area contributed by atoms with Crippen molar-refractivity contribution in [3.63, 3.8) is 0 Å². The van der Waals surface area contributed by atoms with E-state index in [1.807, 2.05) is 61.5 Å². The van der Waals surface area contributed by atoms with Crippen molar-refractivity contribution in [2.45, 2.75) is 37.2 Å². The third-order valence-corrected chi connectivity index (χ3v) is 9.53. The number of nitrogens with zero attached hydrogens (tertiary/aromatic N) is 2. The number of carbonyl (C=O) groups excluding carboxylic acids is 2. The summed E-state index contributed by atoms with van der Waals surface area (Å²) >= 11 is 16.1. The Balaban J connectivity index is 1.81. The standard InChI is InChI=1S/C33H32BrCl2N3O4S/c1-2-16-37-33(41)31(18-24-10-5-3-6-11-24)38(22-25-12-9-13-26(34)17-25)32(40)23-39(29-20-27(35)19-28(36)21-29)44(42,43)30-14-7-4-8-15-30/h3-15,17,19-21,31H,2,16,18,22-23H2,1H3,(H,37,41)/t31-/m0/s1. The van der Waals surface area contributed by atoms with E-state index >= 15 is 0 Å². The Morgan fingerprint density at radius 2 is 1.45 bits per heavy atom. The lowest BCUT2D eigenvalue weighted by molar-refractivity contribution is -0.140. The summed E-state index contributed by atoms with van der Waals surface area (Å²) in [5.41, 5.74) is 1.74. The van der Waals surface area contributed by atoms with E-state index in [0.29, 0.717) is 13.0 Å². The minimum Gasteiger partial charge on any atom is -0.354 e. The largest absolute Gasteiger partial charge is 0.354 e. The number of anilines is 1. The Kier molecular flexibility index (Phi) is 11.9. The summed E-state index contributed by atoms with van der Waals surface area (Å²) < 4.78 is 29.9. The van der Waals surface area contributed by atoms with Crippen molar-refractivity contribution in [3.05, 3.63) is 129 Å². The predicted octanol–water partition coefficient (Wildman–Crippen LogP) is 7.12. The quantitative estimate of drug-likeness (QED) is 0.160. The summed E-state index contributed by atoms with van der Waals surface area (Å²) in [6.07, 6.45) is 0.937. The second-order valence-corrected chi connectivity index (χ2v) is 13.8. The van der Waals surface area contributed by atoms with Crippen LogP contribution in [-0.2, 0) is 32.6 Å². The summed E-state index contributed by atoms with van der Waals surface area (Å²) in [6, 6.07) is 28.1. The Bertz CT molecular complexity index is 1670. The van der Waals surface area contributed by atoms with Crippen LogP contribution in [0, 0.1) is 0 Å². The summed E-state index contributed by atoms with van der Waals surface area (Å²) in [7, 11) is -4.25. The molecule has 0 unspecified atom stereocenters. The maximum atomic E-state index is 14.4. The van der Waals surface area contributed by atoms with E-state index in [4.69, 9.17) is 23.2 Å². The molecule has 7 nitrogen and oxygen atoms in total. The van der Waals surface area contributed by atoms with Gasteiger partial charge in [0.1, 0.15) is 12.6 Å². The number of benzene rings is 4. The fourth-order valence-corrected chi connectivity index (χ4v) is 7.06. The van der Waals surface area contributed by atoms with Crippen LogP contribution in [0.5, 0.6) is 0 Å². The van der Waals surface area contributed by atoms with E-state index in [2.05, 4.69) is 21.2 Å². The van der Waals surface area contributed by atoms with Crippen LogP contribution in [0.1, 0.15) is 24.5 Å². The number of carbonyl (C=O) groups is 2. The van der Waals surface area contributed by atoms with Crippen LogP contribution in [-0.4, -0.2) is 44.3 Å². The van der Waals surface area contributed by atoms with Crippen LogP contribution >= 0.6 is 39.1 Å². The first-order chi connectivity index (χ1) is 21.1. The zero-order valence-corrected chi connectivity index (χ0v) is 27.9. The van der Waals surface area contributed by atoms with Gasteiger partial charge < -0.3 is 10.2 Å². The Morgan fingerprint density at radius 3 is 2.07 bits per heavy atom. The first-order valence-electron chi connectivity index (χ1n) is 14.0. The molecule has 0 aromatic heterocycles. The van der Waals surface area contributed by atoms with E-state index in [-0.39, 0.29) is 39.5 Å². The van der Waals surface area contributed by atoms with Gasteiger partial charge in [0.05, 0.1) is 10.6 Å². The molecule has 1 atom stereocenters. The molecule has 0 aliphatic heterocycles. The maximum absolute atomic E-state index is 14.4. The molecule has 1 N–H and O–H groups in total. The van der Waals surface area contributed by atoms with Crippen molar-refractivity contribution < 1.29 is 18.0 Å². The van der Waals surface area contributed by atoms with Gasteiger partial charge in [-0.2, -0.15) is 0 Å². The molecule has 0 spiro atoms. The molecule has 44 heavy (non-hydrogen) atoms. The second-order valence-electron chi connectivity index (χ2n) is 10.1. The Morgan fingerprint density at radius 1 is 0.841 bits per heavy atom. The lowest BCUT2D eigenvalue weighted by atomic mass is 10.0. The molecule has 4 aromatic carbocycles. The smallest absolute Gasteiger partial charge is 0.264 e. The molecular weight excluding hydrogens is 685 g/mol. The van der Waals surface area contributed by atoms with E-state index in [1.54, 1.807) is 18.2 Å². The average Bonchev–Trinajstić information content (AvgIpc) is 3.00. The van der Waals surface area contributed by atoms with Crippen LogP contribution in [0.3, 0.4) is 0 Å². The monoisotopic (exact) mass is 715 g/mol. The molecule has 4 rings (SSSR count). The number of sulfonamides is 1. The zero-order valence-electron chi connectivity index (χ0n) is 24.0. The number of rotatable bonds is 13. The minimum atomic E-state index is -4.25. The van der Waals surface area contributed by atoms with Gasteiger partial charge in [-0.05, 0) is 60.0 Å². The summed E-state index contributed by atoms with van der Waals surface area (Å²) in [4.78, 5) is 29.6. The molecule has 4 aromatic rings. The van der Waals surface area contributed by atoms with Crippen LogP contribution in [0.4, 0.5) is 5.69 Å². The highest BCUT2D eigenvalue weighted by Crippen LogP contribution is 2.30. The Labute approximate surface area is 277 Å². The van der Waals surface area contributed by atoms with Gasteiger partial charge in [0.15, 0.2) is 0 Å². The van der Waals surface area contributed by atoms with Gasteiger partial charge in [-0.15, -0.1) is 0 Å². The van der Waals surface area contributed by atoms with Gasteiger partial charge in [0, 0.05) is 34.0 Å². The minimum absolute atomic E-state index is 0.0102. The number of hydrogen-bond acceptors (Lipinski definition) is 4. The molecule has 2 amide bonds. The zero-order chi connectivity index (χ0) is 31.7. The molecule has 0 fully saturated rings. The Hall–Kier alpha value is -3.37. The SMILES string of the molecule is CCCNC(=O)[C@H](Cc1ccccc1)N(Cc1cccc(Br)c1)C(=O)CN(c1cc(Cl)cc(Cl)c1)S(=O)(=O)c1ccccc1. The van der Waals surface area contributed by atoms with Gasteiger partial charge in [0.25, 0.3) is 10.0 Å². The number of hydrogen-bond donors (Lipinski definition) is 1. The fraction of sp³-hybridized carbons (Fsp3) is 0.212. The molecule has 0 saturated carbocycles. The van der Waals surface area contributed by atoms with Gasteiger partial charge in [-0.25, -0.2) is 8.42 Å². The first kappa shape index (κ1) is 33.5. The molecular formula is C33H32BrCl2N3O4S. The van der Waals surface area contributed by atoms with E-state index in [0.717, 1.165) is 19.9 Å². The van der Waals surface area contributed by atoms with E-state index in [1.165, 1.54) is 35.2 Å². The van der Waals surface area contributed by atoms with Crippen molar-refractivity contribution >= 4 is 66.7 Å². The third-order valence-electron chi connectivity index (χ3n) is 6.81. The highest BCUT2D eigenvalue weighted by Gasteiger charge is 2.34. The predicted molar refractivity (Wildman–Crippen MR) is 179 cm³/mol. The van der Waals surface area contributed by atoms with E-state index in [9.17, 15) is 18.0 Å². The molecule has 0 radical (unpaired) electrons. The number of amides is 2. The van der Waals surface area contributed by atoms with Gasteiger partial charge >= 0.3 is 0 Å². The fourth-order valence-electron chi connectivity index (χ4n) is 4.68. The number of halogens is 3. The van der Waals surface area contributed by atoms with Crippen molar-refractivity contribution in [3.8, 4) is 0 Å². The molecule has 0 heterocycles. The molecule has 0 saturated heterocycles. The highest BCUT2D eigenvalue weighted by atomic mass is 79.9. The topological polar surface area (TPSA) is 86.8 Å². The molecule has 0 aliphatic carbocycles. The molecule has 0 aliphatic rings. The van der Waals surface area contributed by atoms with Gasteiger partial charge in [-0.3, -0.25) is 13.9 Å². The lowest BCUT2D eigenvalue weighted by Gasteiger charge is -2.34. The van der Waals surface area contributed by atoms with Crippen molar-refractivity contribution in [1.29, 1.82) is 0 Å². The van der Waals surface area contributed by atoms with Gasteiger partial charge in [0.2, 0.25) is 11.8 Å². The highest BCUT2D eigenvalue weighted by molar-refractivity contribution is 9.10. The first-order valence-corrected chi connectivity index (χ1v) is 17.0. The van der Waals surface area contributed by atoms with Crippen molar-refractivity contribution in [1.82, 2.24) is 10.2 Å². The third kappa shape index (κ3) is 8.85. The summed E-state index contributed by atoms with van der Waals surface area (Å²) in [5.74, 6) is -0.907. The maximum Gasteiger partial charge on any atom is 0.264 e. The average molecular weight is 718 g/mol. The van der Waals surface area contributed by atoms with E-state index < -0.39 is 28.5 Å². The van der Waals surface area contributed by atoms with Crippen LogP contribution in [0.15, 0.2) is 112 Å². The normalized spacial score (nSPS) is 11.9. The van der Waals surface area contributed by atoms with Gasteiger partial charge in [-0.1, -0.05) is 107 Å². The lowest BCUT2D eigenvalue weighted by Crippen LogP contribution is -2.53. The summed E-state index contributed by atoms with van der Waals surface area (Å²) in [5, 5.41) is 3.35. The van der Waals surface area contributed by atoms with Crippen molar-refractivity contribution in [2.24, 2.45) is 0 Å². The molecule has 11 heteroatoms.